The van der Waals surface area contributed by atoms with Crippen LogP contribution in [0.3, 0.4) is 0 Å². The SMILES string of the molecule is Cc1scc2nc(C(=O)NCCN3CCOCC3)nc(N3CCOCC3)c12. The van der Waals surface area contributed by atoms with Crippen molar-refractivity contribution in [2.45, 2.75) is 6.92 Å². The van der Waals surface area contributed by atoms with Crippen molar-refractivity contribution in [3.8, 4) is 0 Å². The van der Waals surface area contributed by atoms with Crippen LogP contribution in [0.1, 0.15) is 15.5 Å². The van der Waals surface area contributed by atoms with Gasteiger partial charge in [0.25, 0.3) is 5.91 Å². The molecule has 4 rings (SSSR count). The Hall–Kier alpha value is -1.81. The van der Waals surface area contributed by atoms with E-state index in [0.29, 0.717) is 19.8 Å². The first-order valence-corrected chi connectivity index (χ1v) is 10.3. The van der Waals surface area contributed by atoms with Gasteiger partial charge in [0.1, 0.15) is 5.82 Å². The molecule has 0 radical (unpaired) electrons. The first-order valence-electron chi connectivity index (χ1n) is 9.39. The highest BCUT2D eigenvalue weighted by atomic mass is 32.1. The quantitative estimate of drug-likeness (QED) is 0.811. The normalized spacial score (nSPS) is 18.8. The number of rotatable bonds is 5. The summed E-state index contributed by atoms with van der Waals surface area (Å²) in [6.07, 6.45) is 0. The molecule has 0 saturated carbocycles. The average Bonchev–Trinajstić information content (AvgIpc) is 3.10. The molecule has 1 N–H and O–H groups in total. The predicted octanol–water partition coefficient (Wildman–Crippen LogP) is 0.898. The summed E-state index contributed by atoms with van der Waals surface area (Å²) in [7, 11) is 0. The van der Waals surface area contributed by atoms with Crippen molar-refractivity contribution in [1.82, 2.24) is 20.2 Å². The van der Waals surface area contributed by atoms with Gasteiger partial charge >= 0.3 is 0 Å². The third-order valence-corrected chi connectivity index (χ3v) is 5.85. The molecule has 0 atom stereocenters. The zero-order valence-electron chi connectivity index (χ0n) is 15.6. The number of anilines is 1. The number of amides is 1. The summed E-state index contributed by atoms with van der Waals surface area (Å²) in [5.74, 6) is 0.868. The lowest BCUT2D eigenvalue weighted by atomic mass is 10.2. The molecule has 27 heavy (non-hydrogen) atoms. The Kier molecular flexibility index (Phi) is 5.82. The van der Waals surface area contributed by atoms with Gasteiger partial charge in [-0.3, -0.25) is 9.69 Å². The third-order valence-electron chi connectivity index (χ3n) is 4.95. The first kappa shape index (κ1) is 18.5. The van der Waals surface area contributed by atoms with Crippen molar-refractivity contribution < 1.29 is 14.3 Å². The Balaban J connectivity index is 1.49. The molecule has 0 unspecified atom stereocenters. The maximum absolute atomic E-state index is 12.7. The fourth-order valence-electron chi connectivity index (χ4n) is 3.43. The molecule has 8 nitrogen and oxygen atoms in total. The number of carbonyl (C=O) groups is 1. The van der Waals surface area contributed by atoms with E-state index in [1.807, 2.05) is 5.38 Å². The van der Waals surface area contributed by atoms with Gasteiger partial charge in [0.15, 0.2) is 0 Å². The summed E-state index contributed by atoms with van der Waals surface area (Å²) < 4.78 is 10.8. The van der Waals surface area contributed by atoms with Crippen LogP contribution in [-0.2, 0) is 9.47 Å². The molecule has 2 aromatic heterocycles. The molecule has 146 valence electrons. The molecular formula is C18H25N5O3S. The molecule has 4 heterocycles. The number of ether oxygens (including phenoxy) is 2. The summed E-state index contributed by atoms with van der Waals surface area (Å²) in [6, 6.07) is 0. The summed E-state index contributed by atoms with van der Waals surface area (Å²) in [5.41, 5.74) is 0.840. The van der Waals surface area contributed by atoms with Crippen LogP contribution in [0, 0.1) is 6.92 Å². The second-order valence-corrected chi connectivity index (χ2v) is 7.82. The maximum atomic E-state index is 12.7. The average molecular weight is 391 g/mol. The Morgan fingerprint density at radius 1 is 1.15 bits per heavy atom. The number of aromatic nitrogens is 2. The Morgan fingerprint density at radius 3 is 2.59 bits per heavy atom. The minimum atomic E-state index is -0.219. The van der Waals surface area contributed by atoms with Gasteiger partial charge in [-0.05, 0) is 6.92 Å². The summed E-state index contributed by atoms with van der Waals surface area (Å²) in [5, 5.41) is 6.01. The molecule has 2 aliphatic rings. The standard InChI is InChI=1S/C18H25N5O3S/c1-13-15-14(12-27-13)20-16(21-17(15)23-6-10-26-11-7-23)18(24)19-2-3-22-4-8-25-9-5-22/h12H,2-11H2,1H3,(H,19,24). The third kappa shape index (κ3) is 4.21. The van der Waals surface area contributed by atoms with E-state index in [0.717, 1.165) is 62.7 Å². The van der Waals surface area contributed by atoms with Crippen LogP contribution >= 0.6 is 11.3 Å². The van der Waals surface area contributed by atoms with Gasteiger partial charge in [-0.25, -0.2) is 9.97 Å². The van der Waals surface area contributed by atoms with Crippen molar-refractivity contribution in [3.63, 3.8) is 0 Å². The van der Waals surface area contributed by atoms with E-state index in [4.69, 9.17) is 9.47 Å². The lowest BCUT2D eigenvalue weighted by Crippen LogP contribution is -2.41. The maximum Gasteiger partial charge on any atom is 0.289 e. The number of fused-ring (bicyclic) bond motifs is 1. The van der Waals surface area contributed by atoms with Crippen LogP contribution in [-0.4, -0.2) is 86.5 Å². The molecule has 2 saturated heterocycles. The molecule has 2 aliphatic heterocycles. The molecule has 9 heteroatoms. The van der Waals surface area contributed by atoms with E-state index in [2.05, 4.69) is 32.0 Å². The first-order chi connectivity index (χ1) is 13.2. The Labute approximate surface area is 162 Å². The fourth-order valence-corrected chi connectivity index (χ4v) is 4.20. The number of nitrogens with zero attached hydrogens (tertiary/aromatic N) is 4. The van der Waals surface area contributed by atoms with Crippen molar-refractivity contribution in [2.24, 2.45) is 0 Å². The summed E-state index contributed by atoms with van der Waals surface area (Å²) in [4.78, 5) is 27.5. The van der Waals surface area contributed by atoms with Gasteiger partial charge in [0.2, 0.25) is 5.82 Å². The molecule has 0 bridgehead atoms. The molecule has 1 amide bonds. The van der Waals surface area contributed by atoms with Gasteiger partial charge in [0, 0.05) is 49.5 Å². The molecule has 2 aromatic rings. The Bertz CT molecular complexity index is 800. The molecular weight excluding hydrogens is 366 g/mol. The number of hydrogen-bond donors (Lipinski definition) is 1. The highest BCUT2D eigenvalue weighted by Gasteiger charge is 2.22. The smallest absolute Gasteiger partial charge is 0.289 e. The van der Waals surface area contributed by atoms with E-state index in [1.54, 1.807) is 11.3 Å². The van der Waals surface area contributed by atoms with Crippen molar-refractivity contribution in [3.05, 3.63) is 16.1 Å². The van der Waals surface area contributed by atoms with Crippen LogP contribution in [0.4, 0.5) is 5.82 Å². The van der Waals surface area contributed by atoms with Crippen LogP contribution in [0.25, 0.3) is 10.9 Å². The minimum Gasteiger partial charge on any atom is -0.379 e. The van der Waals surface area contributed by atoms with E-state index >= 15 is 0 Å². The van der Waals surface area contributed by atoms with Gasteiger partial charge in [-0.2, -0.15) is 0 Å². The van der Waals surface area contributed by atoms with Gasteiger partial charge in [0.05, 0.1) is 37.3 Å². The van der Waals surface area contributed by atoms with E-state index in [1.165, 1.54) is 4.88 Å². The number of carbonyl (C=O) groups excluding carboxylic acids is 1. The molecule has 2 fully saturated rings. The number of aryl methyl sites for hydroxylation is 1. The minimum absolute atomic E-state index is 0.219. The van der Waals surface area contributed by atoms with Crippen molar-refractivity contribution in [2.75, 3.05) is 70.6 Å². The van der Waals surface area contributed by atoms with E-state index in [-0.39, 0.29) is 11.7 Å². The van der Waals surface area contributed by atoms with Crippen LogP contribution < -0.4 is 10.2 Å². The van der Waals surface area contributed by atoms with Gasteiger partial charge < -0.3 is 19.7 Å². The lowest BCUT2D eigenvalue weighted by Gasteiger charge is -2.28. The Morgan fingerprint density at radius 2 is 1.85 bits per heavy atom. The predicted molar refractivity (Wildman–Crippen MR) is 105 cm³/mol. The summed E-state index contributed by atoms with van der Waals surface area (Å²) >= 11 is 1.64. The largest absolute Gasteiger partial charge is 0.379 e. The number of hydrogen-bond acceptors (Lipinski definition) is 8. The molecule has 0 aliphatic carbocycles. The highest BCUT2D eigenvalue weighted by molar-refractivity contribution is 7.11. The summed E-state index contributed by atoms with van der Waals surface area (Å²) in [6.45, 7) is 9.71. The zero-order chi connectivity index (χ0) is 18.6. The van der Waals surface area contributed by atoms with E-state index in [9.17, 15) is 4.79 Å². The number of morpholine rings is 2. The van der Waals surface area contributed by atoms with E-state index < -0.39 is 0 Å². The van der Waals surface area contributed by atoms with Crippen molar-refractivity contribution in [1.29, 1.82) is 0 Å². The van der Waals surface area contributed by atoms with Crippen LogP contribution in [0.15, 0.2) is 5.38 Å². The van der Waals surface area contributed by atoms with Crippen molar-refractivity contribution >= 4 is 34.0 Å². The van der Waals surface area contributed by atoms with Crippen LogP contribution in [0.2, 0.25) is 0 Å². The van der Waals surface area contributed by atoms with Crippen LogP contribution in [0.5, 0.6) is 0 Å². The zero-order valence-corrected chi connectivity index (χ0v) is 16.4. The number of thiophene rings is 1. The van der Waals surface area contributed by atoms with Gasteiger partial charge in [-0.1, -0.05) is 0 Å². The number of nitrogens with one attached hydrogen (secondary N) is 1. The fraction of sp³-hybridized carbons (Fsp3) is 0.611. The second-order valence-electron chi connectivity index (χ2n) is 6.73. The molecule has 0 spiro atoms. The molecule has 0 aromatic carbocycles. The topological polar surface area (TPSA) is 79.8 Å². The lowest BCUT2D eigenvalue weighted by molar-refractivity contribution is 0.0383. The second kappa shape index (κ2) is 8.47. The highest BCUT2D eigenvalue weighted by Crippen LogP contribution is 2.31. The van der Waals surface area contributed by atoms with Gasteiger partial charge in [-0.15, -0.1) is 11.3 Å². The monoisotopic (exact) mass is 391 g/mol.